The molecular formula is C11H20N2O2. The molecule has 1 aromatic heterocycles. The van der Waals surface area contributed by atoms with Crippen LogP contribution >= 0.6 is 0 Å². The number of hydrogen-bond donors (Lipinski definition) is 1. The Morgan fingerprint density at radius 1 is 1.60 bits per heavy atom. The molecule has 1 rings (SSSR count). The Morgan fingerprint density at radius 3 is 2.93 bits per heavy atom. The van der Waals surface area contributed by atoms with Gasteiger partial charge in [0.25, 0.3) is 0 Å². The highest BCUT2D eigenvalue weighted by Gasteiger charge is 2.13. The van der Waals surface area contributed by atoms with Crippen LogP contribution in [-0.2, 0) is 17.8 Å². The summed E-state index contributed by atoms with van der Waals surface area (Å²) < 4.78 is 10.5. The van der Waals surface area contributed by atoms with Gasteiger partial charge in [-0.3, -0.25) is 4.90 Å². The lowest BCUT2D eigenvalue weighted by Crippen LogP contribution is -2.32. The van der Waals surface area contributed by atoms with Crippen LogP contribution in [0.25, 0.3) is 0 Å². The molecular weight excluding hydrogens is 192 g/mol. The van der Waals surface area contributed by atoms with Gasteiger partial charge in [-0.25, -0.2) is 0 Å². The fraction of sp³-hybridized carbons (Fsp3) is 0.636. The van der Waals surface area contributed by atoms with E-state index in [1.165, 1.54) is 0 Å². The number of ether oxygens (including phenoxy) is 1. The van der Waals surface area contributed by atoms with Gasteiger partial charge in [-0.1, -0.05) is 0 Å². The van der Waals surface area contributed by atoms with Crippen molar-refractivity contribution in [2.45, 2.75) is 26.1 Å². The van der Waals surface area contributed by atoms with E-state index in [2.05, 4.69) is 11.8 Å². The molecule has 1 unspecified atom stereocenters. The second kappa shape index (κ2) is 5.90. The summed E-state index contributed by atoms with van der Waals surface area (Å²) >= 11 is 0. The fourth-order valence-electron chi connectivity index (χ4n) is 1.44. The molecule has 0 radical (unpaired) electrons. The van der Waals surface area contributed by atoms with E-state index in [-0.39, 0.29) is 0 Å². The SMILES string of the molecule is COCC(C)N(C)Cc1occc1CN. The van der Waals surface area contributed by atoms with Gasteiger partial charge in [0.05, 0.1) is 19.4 Å². The van der Waals surface area contributed by atoms with Gasteiger partial charge < -0.3 is 14.9 Å². The number of nitrogens with zero attached hydrogens (tertiary/aromatic N) is 1. The van der Waals surface area contributed by atoms with Crippen LogP contribution in [0.5, 0.6) is 0 Å². The van der Waals surface area contributed by atoms with Crippen molar-refractivity contribution in [3.05, 3.63) is 23.7 Å². The molecule has 0 amide bonds. The summed E-state index contributed by atoms with van der Waals surface area (Å²) in [5.41, 5.74) is 6.68. The van der Waals surface area contributed by atoms with Gasteiger partial charge in [0.1, 0.15) is 5.76 Å². The Bertz CT molecular complexity index is 286. The largest absolute Gasteiger partial charge is 0.468 e. The Hall–Kier alpha value is -0.840. The van der Waals surface area contributed by atoms with E-state index in [9.17, 15) is 0 Å². The molecule has 0 saturated heterocycles. The lowest BCUT2D eigenvalue weighted by molar-refractivity contribution is 0.107. The summed E-state index contributed by atoms with van der Waals surface area (Å²) in [5.74, 6) is 0.947. The van der Waals surface area contributed by atoms with Crippen molar-refractivity contribution in [2.75, 3.05) is 20.8 Å². The highest BCUT2D eigenvalue weighted by atomic mass is 16.5. The van der Waals surface area contributed by atoms with Crippen molar-refractivity contribution in [1.29, 1.82) is 0 Å². The second-order valence-electron chi connectivity index (χ2n) is 3.79. The highest BCUT2D eigenvalue weighted by Crippen LogP contribution is 2.13. The first-order valence-corrected chi connectivity index (χ1v) is 5.13. The Morgan fingerprint density at radius 2 is 2.33 bits per heavy atom. The van der Waals surface area contributed by atoms with Crippen LogP contribution in [0.2, 0.25) is 0 Å². The van der Waals surface area contributed by atoms with Crippen LogP contribution in [0, 0.1) is 0 Å². The number of methoxy groups -OCH3 is 1. The van der Waals surface area contributed by atoms with E-state index >= 15 is 0 Å². The fourth-order valence-corrected chi connectivity index (χ4v) is 1.44. The molecule has 0 aliphatic heterocycles. The minimum Gasteiger partial charge on any atom is -0.468 e. The molecule has 0 fully saturated rings. The van der Waals surface area contributed by atoms with Crippen molar-refractivity contribution in [1.82, 2.24) is 4.90 Å². The Labute approximate surface area is 91.0 Å². The monoisotopic (exact) mass is 212 g/mol. The van der Waals surface area contributed by atoms with Crippen molar-refractivity contribution >= 4 is 0 Å². The van der Waals surface area contributed by atoms with E-state index in [4.69, 9.17) is 14.9 Å². The third-order valence-corrected chi connectivity index (χ3v) is 2.61. The van der Waals surface area contributed by atoms with Gasteiger partial charge in [0, 0.05) is 25.3 Å². The zero-order chi connectivity index (χ0) is 11.3. The molecule has 1 heterocycles. The number of furan rings is 1. The molecule has 0 aromatic carbocycles. The van der Waals surface area contributed by atoms with Gasteiger partial charge >= 0.3 is 0 Å². The van der Waals surface area contributed by atoms with Crippen LogP contribution in [0.3, 0.4) is 0 Å². The second-order valence-corrected chi connectivity index (χ2v) is 3.79. The highest BCUT2D eigenvalue weighted by molar-refractivity contribution is 5.16. The third kappa shape index (κ3) is 3.34. The number of rotatable bonds is 6. The molecule has 0 aliphatic rings. The van der Waals surface area contributed by atoms with Gasteiger partial charge in [0.2, 0.25) is 0 Å². The maximum atomic E-state index is 5.60. The molecule has 86 valence electrons. The Balaban J connectivity index is 2.53. The van der Waals surface area contributed by atoms with E-state index in [0.717, 1.165) is 24.5 Å². The summed E-state index contributed by atoms with van der Waals surface area (Å²) in [6, 6.07) is 2.29. The van der Waals surface area contributed by atoms with Crippen LogP contribution < -0.4 is 5.73 Å². The first-order chi connectivity index (χ1) is 7.19. The predicted octanol–water partition coefficient (Wildman–Crippen LogP) is 1.21. The topological polar surface area (TPSA) is 51.6 Å². The van der Waals surface area contributed by atoms with Crippen LogP contribution in [-0.4, -0.2) is 31.7 Å². The number of likely N-dealkylation sites (N-methyl/N-ethyl adjacent to an activating group) is 1. The average molecular weight is 212 g/mol. The molecule has 1 atom stereocenters. The smallest absolute Gasteiger partial charge is 0.122 e. The lowest BCUT2D eigenvalue weighted by Gasteiger charge is -2.23. The van der Waals surface area contributed by atoms with Crippen molar-refractivity contribution in [2.24, 2.45) is 5.73 Å². The van der Waals surface area contributed by atoms with E-state index < -0.39 is 0 Å². The third-order valence-electron chi connectivity index (χ3n) is 2.61. The zero-order valence-corrected chi connectivity index (χ0v) is 9.69. The molecule has 0 spiro atoms. The number of hydrogen-bond acceptors (Lipinski definition) is 4. The molecule has 4 heteroatoms. The maximum absolute atomic E-state index is 5.60. The van der Waals surface area contributed by atoms with Crippen LogP contribution in [0.4, 0.5) is 0 Å². The molecule has 0 bridgehead atoms. The molecule has 2 N–H and O–H groups in total. The first-order valence-electron chi connectivity index (χ1n) is 5.13. The van der Waals surface area contributed by atoms with E-state index in [0.29, 0.717) is 12.6 Å². The summed E-state index contributed by atoms with van der Waals surface area (Å²) in [5, 5.41) is 0. The minimum absolute atomic E-state index is 0.366. The standard InChI is InChI=1S/C11H20N2O2/c1-9(8-14-3)13(2)7-11-10(6-12)4-5-15-11/h4-5,9H,6-8,12H2,1-3H3. The lowest BCUT2D eigenvalue weighted by atomic mass is 10.2. The average Bonchev–Trinajstić information content (AvgIpc) is 2.65. The van der Waals surface area contributed by atoms with Gasteiger partial charge in [0.15, 0.2) is 0 Å². The first kappa shape index (κ1) is 12.2. The molecule has 1 aromatic rings. The zero-order valence-electron chi connectivity index (χ0n) is 9.69. The summed E-state index contributed by atoms with van der Waals surface area (Å²) in [7, 11) is 3.76. The summed E-state index contributed by atoms with van der Waals surface area (Å²) in [6.07, 6.45) is 1.69. The van der Waals surface area contributed by atoms with Crippen LogP contribution in [0.1, 0.15) is 18.2 Å². The number of nitrogens with two attached hydrogens (primary N) is 1. The minimum atomic E-state index is 0.366. The van der Waals surface area contributed by atoms with Gasteiger partial charge in [-0.15, -0.1) is 0 Å². The maximum Gasteiger partial charge on any atom is 0.122 e. The predicted molar refractivity (Wildman–Crippen MR) is 59.4 cm³/mol. The summed E-state index contributed by atoms with van der Waals surface area (Å²) in [6.45, 7) is 4.13. The summed E-state index contributed by atoms with van der Waals surface area (Å²) in [4.78, 5) is 2.18. The van der Waals surface area contributed by atoms with Crippen molar-refractivity contribution in [3.8, 4) is 0 Å². The molecule has 0 saturated carbocycles. The quantitative estimate of drug-likeness (QED) is 0.770. The molecule has 0 aliphatic carbocycles. The van der Waals surface area contributed by atoms with Crippen molar-refractivity contribution < 1.29 is 9.15 Å². The van der Waals surface area contributed by atoms with E-state index in [1.807, 2.05) is 13.1 Å². The van der Waals surface area contributed by atoms with Crippen LogP contribution in [0.15, 0.2) is 16.7 Å². The van der Waals surface area contributed by atoms with Crippen molar-refractivity contribution in [3.63, 3.8) is 0 Å². The molecule has 15 heavy (non-hydrogen) atoms. The van der Waals surface area contributed by atoms with E-state index in [1.54, 1.807) is 13.4 Å². The Kier molecular flexibility index (Phi) is 4.81. The van der Waals surface area contributed by atoms with Gasteiger partial charge in [-0.2, -0.15) is 0 Å². The normalized spacial score (nSPS) is 13.4. The van der Waals surface area contributed by atoms with Gasteiger partial charge in [-0.05, 0) is 20.0 Å². The molecule has 4 nitrogen and oxygen atoms in total.